The Morgan fingerprint density at radius 3 is 0.837 bits per heavy atom. The first-order chi connectivity index (χ1) is 23.5. The van der Waals surface area contributed by atoms with Crippen LogP contribution in [0.5, 0.6) is 17.2 Å². The van der Waals surface area contributed by atoms with Crippen LogP contribution < -0.4 is 0 Å². The molecule has 6 aromatic carbocycles. The second-order valence-electron chi connectivity index (χ2n) is 10.5. The minimum atomic E-state index is 0. The molecule has 3 N–H and O–H groups in total. The van der Waals surface area contributed by atoms with Gasteiger partial charge in [-0.2, -0.15) is 0 Å². The van der Waals surface area contributed by atoms with Crippen LogP contribution in [0, 0.1) is 0 Å². The predicted molar refractivity (Wildman–Crippen MR) is 200 cm³/mol. The van der Waals surface area contributed by atoms with Gasteiger partial charge in [0.15, 0.2) is 0 Å². The van der Waals surface area contributed by atoms with Gasteiger partial charge in [-0.05, 0) is 72.8 Å². The van der Waals surface area contributed by atoms with E-state index < -0.39 is 0 Å². The van der Waals surface area contributed by atoms with Crippen molar-refractivity contribution in [1.29, 1.82) is 0 Å². The number of aromatic hydroxyl groups is 3. The van der Waals surface area contributed by atoms with Crippen molar-refractivity contribution in [3.8, 4) is 49.0 Å². The number of benzene rings is 6. The molecule has 0 bridgehead atoms. The van der Waals surface area contributed by atoms with Crippen LogP contribution in [0.4, 0.5) is 0 Å². The quantitative estimate of drug-likeness (QED) is 0.165. The zero-order valence-corrected chi connectivity index (χ0v) is 31.1. The number of phenolic OH excluding ortho intramolecular Hbond substituents is 3. The van der Waals surface area contributed by atoms with Crippen LogP contribution in [0.25, 0.3) is 62.4 Å². The molecule has 0 amide bonds. The van der Waals surface area contributed by atoms with Gasteiger partial charge in [0.2, 0.25) is 0 Å². The van der Waals surface area contributed by atoms with E-state index in [2.05, 4.69) is 15.0 Å². The fourth-order valence-corrected chi connectivity index (χ4v) is 7.92. The van der Waals surface area contributed by atoms with E-state index in [9.17, 15) is 15.3 Å². The number of rotatable bonds is 3. The predicted octanol–water partition coefficient (Wildman–Crippen LogP) is 11.0. The van der Waals surface area contributed by atoms with Crippen molar-refractivity contribution in [2.75, 3.05) is 0 Å². The molecule has 0 fully saturated rings. The van der Waals surface area contributed by atoms with Gasteiger partial charge >= 0.3 is 0 Å². The van der Waals surface area contributed by atoms with Crippen molar-refractivity contribution in [3.05, 3.63) is 146 Å². The summed E-state index contributed by atoms with van der Waals surface area (Å²) in [5.41, 5.74) is 5.32. The Bertz CT molecular complexity index is 2120. The maximum atomic E-state index is 9.76. The van der Waals surface area contributed by atoms with Gasteiger partial charge in [0, 0.05) is 32.7 Å². The largest absolute Gasteiger partial charge is 0.507 e. The van der Waals surface area contributed by atoms with Gasteiger partial charge in [-0.3, -0.25) is 0 Å². The summed E-state index contributed by atoms with van der Waals surface area (Å²) in [4.78, 5) is 13.5. The summed E-state index contributed by atoms with van der Waals surface area (Å²) >= 11 is 4.78. The fraction of sp³-hybridized carbons (Fsp3) is 0. The minimum absolute atomic E-state index is 0. The molecule has 0 saturated carbocycles. The zero-order chi connectivity index (χ0) is 32.9. The first-order valence-electron chi connectivity index (χ1n) is 15.0. The van der Waals surface area contributed by atoms with Crippen molar-refractivity contribution < 1.29 is 48.0 Å². The van der Waals surface area contributed by atoms with Crippen LogP contribution >= 0.6 is 34.0 Å². The van der Waals surface area contributed by atoms with Crippen LogP contribution in [-0.4, -0.2) is 30.3 Å². The van der Waals surface area contributed by atoms with E-state index >= 15 is 0 Å². The number of hydrogen-bond donors (Lipinski definition) is 3. The Hall–Kier alpha value is -4.51. The van der Waals surface area contributed by atoms with Gasteiger partial charge in [0.1, 0.15) is 32.3 Å². The molecule has 0 aliphatic carbocycles. The second-order valence-corrected chi connectivity index (χ2v) is 13.6. The number of aromatic nitrogens is 3. The molecule has 10 heteroatoms. The summed E-state index contributed by atoms with van der Waals surface area (Å²) in [5, 5.41) is 31.8. The van der Waals surface area contributed by atoms with Gasteiger partial charge < -0.3 is 15.3 Å². The molecule has 6 nitrogen and oxygen atoms in total. The number of hydrogen-bond acceptors (Lipinski definition) is 9. The Morgan fingerprint density at radius 1 is 0.327 bits per heavy atom. The Balaban J connectivity index is 0.000000126. The molecule has 0 unspecified atom stereocenters. The molecule has 237 valence electrons. The summed E-state index contributed by atoms with van der Waals surface area (Å²) in [7, 11) is 0. The number of thiazole rings is 3. The van der Waals surface area contributed by atoms with E-state index in [4.69, 9.17) is 0 Å². The smallest absolute Gasteiger partial charge is 0.128 e. The standard InChI is InChI=1S/3C13H9NOS.Y/c3*15-11-7-3-1-5-9(11)13-14-10-6-2-4-8-12(10)16-13;/h3*1-8,15H;. The molecular formula is C39H27N3O3S3Y. The Labute approximate surface area is 319 Å². The third-order valence-corrected chi connectivity index (χ3v) is 10.5. The van der Waals surface area contributed by atoms with E-state index in [1.165, 1.54) is 0 Å². The molecular weight excluding hydrogens is 744 g/mol. The topological polar surface area (TPSA) is 99.4 Å². The van der Waals surface area contributed by atoms with Crippen LogP contribution in [0.2, 0.25) is 0 Å². The molecule has 9 aromatic rings. The number of nitrogens with zero attached hydrogens (tertiary/aromatic N) is 3. The van der Waals surface area contributed by atoms with E-state index in [-0.39, 0.29) is 50.0 Å². The maximum absolute atomic E-state index is 9.76. The van der Waals surface area contributed by atoms with E-state index in [1.807, 2.05) is 127 Å². The second kappa shape index (κ2) is 15.8. The molecule has 3 heterocycles. The van der Waals surface area contributed by atoms with Gasteiger partial charge in [-0.1, -0.05) is 72.8 Å². The van der Waals surface area contributed by atoms with Gasteiger partial charge in [-0.15, -0.1) is 34.0 Å². The van der Waals surface area contributed by atoms with E-state index in [1.54, 1.807) is 52.2 Å². The molecule has 0 spiro atoms. The molecule has 0 aliphatic heterocycles. The van der Waals surface area contributed by atoms with E-state index in [0.717, 1.165) is 62.4 Å². The zero-order valence-electron chi connectivity index (χ0n) is 25.8. The van der Waals surface area contributed by atoms with Crippen molar-refractivity contribution in [1.82, 2.24) is 15.0 Å². The van der Waals surface area contributed by atoms with Crippen LogP contribution in [0.1, 0.15) is 0 Å². The molecule has 3 aromatic heterocycles. The third kappa shape index (κ3) is 7.88. The van der Waals surface area contributed by atoms with Gasteiger partial charge in [0.25, 0.3) is 0 Å². The maximum Gasteiger partial charge on any atom is 0.128 e. The van der Waals surface area contributed by atoms with Crippen LogP contribution in [-0.2, 0) is 32.7 Å². The average Bonchev–Trinajstić information content (AvgIpc) is 3.86. The van der Waals surface area contributed by atoms with Gasteiger partial charge in [0.05, 0.1) is 47.3 Å². The summed E-state index contributed by atoms with van der Waals surface area (Å²) in [6, 6.07) is 45.8. The average molecular weight is 771 g/mol. The number of para-hydroxylation sites is 6. The molecule has 0 aliphatic rings. The fourth-order valence-electron chi connectivity index (χ4n) is 4.93. The molecule has 0 saturated heterocycles. The SMILES string of the molecule is Oc1ccccc1-c1nc2ccccc2s1.Oc1ccccc1-c1nc2ccccc2s1.Oc1ccccc1-c1nc2ccccc2s1.[Y]. The minimum Gasteiger partial charge on any atom is -0.507 e. The van der Waals surface area contributed by atoms with Crippen molar-refractivity contribution in [2.24, 2.45) is 0 Å². The first kappa shape index (κ1) is 34.4. The monoisotopic (exact) mass is 770 g/mol. The third-order valence-electron chi connectivity index (χ3n) is 7.29. The van der Waals surface area contributed by atoms with Crippen molar-refractivity contribution in [3.63, 3.8) is 0 Å². The van der Waals surface area contributed by atoms with Crippen molar-refractivity contribution >= 4 is 64.7 Å². The summed E-state index contributed by atoms with van der Waals surface area (Å²) < 4.78 is 3.42. The summed E-state index contributed by atoms with van der Waals surface area (Å²) in [6.45, 7) is 0. The molecule has 0 atom stereocenters. The van der Waals surface area contributed by atoms with Crippen molar-refractivity contribution in [2.45, 2.75) is 0 Å². The van der Waals surface area contributed by atoms with Crippen LogP contribution in [0.3, 0.4) is 0 Å². The number of fused-ring (bicyclic) bond motifs is 3. The molecule has 49 heavy (non-hydrogen) atoms. The van der Waals surface area contributed by atoms with Crippen LogP contribution in [0.15, 0.2) is 146 Å². The Morgan fingerprint density at radius 2 is 0.571 bits per heavy atom. The molecule has 1 radical (unpaired) electrons. The summed E-state index contributed by atoms with van der Waals surface area (Å²) in [6.07, 6.45) is 0. The normalized spacial score (nSPS) is 10.5. The first-order valence-corrected chi connectivity index (χ1v) is 17.4. The molecule has 9 rings (SSSR count). The van der Waals surface area contributed by atoms with Gasteiger partial charge in [-0.25, -0.2) is 15.0 Å². The Kier molecular flexibility index (Phi) is 11.1. The number of phenols is 3. The van der Waals surface area contributed by atoms with E-state index in [0.29, 0.717) is 0 Å². The summed E-state index contributed by atoms with van der Waals surface area (Å²) in [5.74, 6) is 0.838.